The Balaban J connectivity index is 1.63. The summed E-state index contributed by atoms with van der Waals surface area (Å²) in [6.07, 6.45) is -3.08. The Labute approximate surface area is 184 Å². The number of thioether (sulfide) groups is 1. The molecule has 1 fully saturated rings. The van der Waals surface area contributed by atoms with E-state index in [0.717, 1.165) is 22.5 Å². The van der Waals surface area contributed by atoms with Gasteiger partial charge in [-0.05, 0) is 30.7 Å². The number of aliphatic hydroxyl groups is 3. The summed E-state index contributed by atoms with van der Waals surface area (Å²) in [6, 6.07) is 17.1. The molecule has 30 heavy (non-hydrogen) atoms. The van der Waals surface area contributed by atoms with Crippen LogP contribution in [0.25, 0.3) is 5.57 Å². The van der Waals surface area contributed by atoms with Crippen LogP contribution in [-0.2, 0) is 4.74 Å². The van der Waals surface area contributed by atoms with Gasteiger partial charge in [0.25, 0.3) is 0 Å². The molecule has 0 saturated carbocycles. The molecule has 0 aromatic heterocycles. The number of nitrogens with one attached hydrogen (secondary N) is 1. The van der Waals surface area contributed by atoms with Crippen molar-refractivity contribution >= 4 is 39.7 Å². The third kappa shape index (κ3) is 4.27. The van der Waals surface area contributed by atoms with E-state index >= 15 is 0 Å². The highest BCUT2D eigenvalue weighted by molar-refractivity contribution is 8.14. The first-order chi connectivity index (χ1) is 14.5. The van der Waals surface area contributed by atoms with E-state index in [4.69, 9.17) is 21.3 Å². The molecule has 0 aliphatic carbocycles. The zero-order valence-electron chi connectivity index (χ0n) is 16.3. The van der Waals surface area contributed by atoms with Crippen molar-refractivity contribution in [2.24, 2.45) is 4.99 Å². The second-order valence-electron chi connectivity index (χ2n) is 7.23. The van der Waals surface area contributed by atoms with Crippen LogP contribution in [0.5, 0.6) is 0 Å². The van der Waals surface area contributed by atoms with Gasteiger partial charge < -0.3 is 25.4 Å². The minimum atomic E-state index is -1.14. The summed E-state index contributed by atoms with van der Waals surface area (Å²) in [4.78, 5) is 4.75. The molecule has 0 spiro atoms. The third-order valence-electron chi connectivity index (χ3n) is 5.16. The minimum Gasteiger partial charge on any atom is -0.394 e. The maximum atomic E-state index is 10.4. The maximum Gasteiger partial charge on any atom is 0.138 e. The van der Waals surface area contributed by atoms with Crippen LogP contribution in [0.3, 0.4) is 0 Å². The molecule has 1 unspecified atom stereocenters. The molecule has 0 bridgehead atoms. The molecule has 2 aromatic carbocycles. The number of hydrogen-bond acceptors (Lipinski definition) is 7. The third-order valence-corrected chi connectivity index (χ3v) is 6.59. The molecule has 1 saturated heterocycles. The molecule has 158 valence electrons. The lowest BCUT2D eigenvalue weighted by molar-refractivity contribution is -0.00801. The summed E-state index contributed by atoms with van der Waals surface area (Å²) in [6.45, 7) is 1.58. The Hall–Kier alpha value is -1.87. The molecule has 2 heterocycles. The van der Waals surface area contributed by atoms with E-state index in [0.29, 0.717) is 10.1 Å². The van der Waals surface area contributed by atoms with E-state index in [-0.39, 0.29) is 12.6 Å². The van der Waals surface area contributed by atoms with Crippen molar-refractivity contribution in [1.29, 1.82) is 0 Å². The zero-order valence-corrected chi connectivity index (χ0v) is 17.8. The normalized spacial score (nSPS) is 28.7. The van der Waals surface area contributed by atoms with Gasteiger partial charge in [-0.3, -0.25) is 0 Å². The van der Waals surface area contributed by atoms with Crippen molar-refractivity contribution in [2.75, 3.05) is 11.9 Å². The second-order valence-corrected chi connectivity index (χ2v) is 8.78. The first-order valence-electron chi connectivity index (χ1n) is 9.64. The number of ether oxygens (including phenoxy) is 1. The fourth-order valence-corrected chi connectivity index (χ4v) is 5.10. The summed E-state index contributed by atoms with van der Waals surface area (Å²) in [7, 11) is 0. The van der Waals surface area contributed by atoms with Gasteiger partial charge in [-0.25, -0.2) is 4.99 Å². The van der Waals surface area contributed by atoms with Crippen molar-refractivity contribution in [2.45, 2.75) is 36.7 Å². The number of benzene rings is 2. The van der Waals surface area contributed by atoms with E-state index in [1.54, 1.807) is 0 Å². The van der Waals surface area contributed by atoms with Crippen LogP contribution in [0.1, 0.15) is 12.5 Å². The Morgan fingerprint density at radius 3 is 2.53 bits per heavy atom. The van der Waals surface area contributed by atoms with Crippen LogP contribution in [0.2, 0.25) is 5.02 Å². The van der Waals surface area contributed by atoms with Gasteiger partial charge in [-0.15, -0.1) is 0 Å². The van der Waals surface area contributed by atoms with Gasteiger partial charge in [0.15, 0.2) is 0 Å². The fourth-order valence-electron chi connectivity index (χ4n) is 3.67. The van der Waals surface area contributed by atoms with E-state index in [1.165, 1.54) is 11.8 Å². The number of rotatable bonds is 5. The molecule has 4 rings (SSSR count). The standard InChI is InChI=1S/C22H23ClN2O4S/c1-12-17(13-6-3-2-4-7-13)18(25-15-9-5-8-14(23)10-15)21(24-12)30-22-20(28)19(27)16(11-26)29-22/h2-10,16,18-20,22,25-28H,11H2,1H3/t16-,18?,19-,20-,22+/m1/s1. The van der Waals surface area contributed by atoms with Gasteiger partial charge in [0, 0.05) is 22.0 Å². The topological polar surface area (TPSA) is 94.3 Å². The van der Waals surface area contributed by atoms with Gasteiger partial charge in [-0.2, -0.15) is 0 Å². The number of anilines is 1. The number of aliphatic hydroxyl groups excluding tert-OH is 3. The average Bonchev–Trinajstić information content (AvgIpc) is 3.19. The largest absolute Gasteiger partial charge is 0.394 e. The molecule has 8 heteroatoms. The van der Waals surface area contributed by atoms with E-state index in [1.807, 2.05) is 61.5 Å². The highest BCUT2D eigenvalue weighted by Crippen LogP contribution is 2.39. The lowest BCUT2D eigenvalue weighted by atomic mass is 9.99. The molecule has 0 amide bonds. The van der Waals surface area contributed by atoms with Crippen LogP contribution < -0.4 is 5.32 Å². The number of halogens is 1. The maximum absolute atomic E-state index is 10.4. The Bertz CT molecular complexity index is 969. The van der Waals surface area contributed by atoms with Crippen LogP contribution in [-0.4, -0.2) is 56.8 Å². The monoisotopic (exact) mass is 446 g/mol. The molecule has 2 aliphatic heterocycles. The van der Waals surface area contributed by atoms with Crippen molar-refractivity contribution < 1.29 is 20.1 Å². The van der Waals surface area contributed by atoms with Crippen molar-refractivity contribution in [3.63, 3.8) is 0 Å². The zero-order chi connectivity index (χ0) is 21.3. The molecule has 0 radical (unpaired) electrons. The second kappa shape index (κ2) is 9.09. The van der Waals surface area contributed by atoms with Crippen LogP contribution in [0.4, 0.5) is 5.69 Å². The fraction of sp³-hybridized carbons (Fsp3) is 0.318. The van der Waals surface area contributed by atoms with Crippen LogP contribution in [0.15, 0.2) is 65.3 Å². The van der Waals surface area contributed by atoms with Crippen molar-refractivity contribution in [1.82, 2.24) is 0 Å². The molecule has 5 atom stereocenters. The lowest BCUT2D eigenvalue weighted by Gasteiger charge is -2.23. The number of nitrogens with zero attached hydrogens (tertiary/aromatic N) is 1. The van der Waals surface area contributed by atoms with Gasteiger partial charge >= 0.3 is 0 Å². The molecule has 4 N–H and O–H groups in total. The van der Waals surface area contributed by atoms with Crippen molar-refractivity contribution in [3.05, 3.63) is 70.9 Å². The summed E-state index contributed by atoms with van der Waals surface area (Å²) >= 11 is 7.41. The minimum absolute atomic E-state index is 0.281. The van der Waals surface area contributed by atoms with E-state index in [2.05, 4.69) is 5.32 Å². The molecule has 2 aromatic rings. The molecular weight excluding hydrogens is 424 g/mol. The van der Waals surface area contributed by atoms with Gasteiger partial charge in [-0.1, -0.05) is 59.8 Å². The van der Waals surface area contributed by atoms with Gasteiger partial charge in [0.05, 0.1) is 6.61 Å². The Morgan fingerprint density at radius 1 is 1.10 bits per heavy atom. The highest BCUT2D eigenvalue weighted by atomic mass is 35.5. The van der Waals surface area contributed by atoms with E-state index in [9.17, 15) is 15.3 Å². The number of aliphatic imine (C=N–C) groups is 1. The molecular formula is C22H23ClN2O4S. The van der Waals surface area contributed by atoms with E-state index < -0.39 is 23.7 Å². The summed E-state index contributed by atoms with van der Waals surface area (Å²) in [5.74, 6) is 0. The smallest absolute Gasteiger partial charge is 0.138 e. The predicted molar refractivity (Wildman–Crippen MR) is 121 cm³/mol. The Kier molecular flexibility index (Phi) is 6.48. The molecule has 2 aliphatic rings. The van der Waals surface area contributed by atoms with Gasteiger partial charge in [0.2, 0.25) is 0 Å². The first kappa shape index (κ1) is 21.4. The number of allylic oxidation sites excluding steroid dienone is 1. The first-order valence-corrected chi connectivity index (χ1v) is 10.9. The SMILES string of the molecule is CC1=C(c2ccccc2)C(Nc2cccc(Cl)c2)C(S[C@@H]2O[C@H](CO)[C@@H](O)[C@H]2O)=N1. The van der Waals surface area contributed by atoms with Gasteiger partial charge in [0.1, 0.15) is 34.8 Å². The molecule has 6 nitrogen and oxygen atoms in total. The number of hydrogen-bond donors (Lipinski definition) is 4. The summed E-state index contributed by atoms with van der Waals surface area (Å²) < 4.78 is 5.66. The van der Waals surface area contributed by atoms with Crippen LogP contribution in [0, 0.1) is 0 Å². The summed E-state index contributed by atoms with van der Waals surface area (Å²) in [5.41, 5.74) is 3.02. The van der Waals surface area contributed by atoms with Crippen molar-refractivity contribution in [3.8, 4) is 0 Å². The highest BCUT2D eigenvalue weighted by Gasteiger charge is 2.45. The van der Waals surface area contributed by atoms with Crippen LogP contribution >= 0.6 is 23.4 Å². The predicted octanol–water partition coefficient (Wildman–Crippen LogP) is 3.14. The average molecular weight is 447 g/mol. The lowest BCUT2D eigenvalue weighted by Crippen LogP contribution is -2.34. The summed E-state index contributed by atoms with van der Waals surface area (Å²) in [5, 5.41) is 34.6. The Morgan fingerprint density at radius 2 is 1.87 bits per heavy atom. The quantitative estimate of drug-likeness (QED) is 0.563.